The number of thiophene rings is 1. The lowest BCUT2D eigenvalue weighted by Gasteiger charge is -2.19. The number of rotatable bonds is 6. The lowest BCUT2D eigenvalue weighted by Crippen LogP contribution is -2.27. The number of aromatic amines is 1. The van der Waals surface area contributed by atoms with Gasteiger partial charge in [0.25, 0.3) is 15.9 Å². The molecule has 3 aromatic heterocycles. The van der Waals surface area contributed by atoms with Crippen molar-refractivity contribution in [2.24, 2.45) is 0 Å². The SMILES string of the molecule is Cc1[nH]nc2ncc(C(=O)NC(C)c3ccccc3NS(=O)(=O)c3cccs3)cc12. The third kappa shape index (κ3) is 3.91. The number of hydrogen-bond acceptors (Lipinski definition) is 6. The van der Waals surface area contributed by atoms with Crippen molar-refractivity contribution in [1.82, 2.24) is 20.5 Å². The van der Waals surface area contributed by atoms with Gasteiger partial charge in [-0.3, -0.25) is 14.6 Å². The van der Waals surface area contributed by atoms with Crippen LogP contribution in [0, 0.1) is 6.92 Å². The van der Waals surface area contributed by atoms with Crippen LogP contribution in [0.25, 0.3) is 11.0 Å². The van der Waals surface area contributed by atoms with Crippen molar-refractivity contribution in [3.63, 3.8) is 0 Å². The first-order valence-electron chi connectivity index (χ1n) is 9.12. The largest absolute Gasteiger partial charge is 0.345 e. The Balaban J connectivity index is 1.56. The fourth-order valence-electron chi connectivity index (χ4n) is 3.08. The number of benzene rings is 1. The number of sulfonamides is 1. The standard InChI is InChI=1S/C20H19N5O3S2/c1-12(22-20(26)14-10-16-13(2)23-24-19(16)21-11-14)15-6-3-4-7-17(15)25-30(27,28)18-8-5-9-29-18/h3-12,25H,1-2H3,(H,22,26)(H,21,23,24). The molecule has 4 rings (SSSR count). The van der Waals surface area contributed by atoms with Crippen LogP contribution in [0.4, 0.5) is 5.69 Å². The molecule has 0 bridgehead atoms. The third-order valence-corrected chi connectivity index (χ3v) is 7.40. The number of fused-ring (bicyclic) bond motifs is 1. The van der Waals surface area contributed by atoms with Gasteiger partial charge < -0.3 is 5.32 Å². The number of pyridine rings is 1. The average Bonchev–Trinajstić information content (AvgIpc) is 3.39. The second-order valence-corrected chi connectivity index (χ2v) is 9.62. The molecule has 30 heavy (non-hydrogen) atoms. The Kier molecular flexibility index (Phi) is 5.27. The van der Waals surface area contributed by atoms with E-state index in [9.17, 15) is 13.2 Å². The van der Waals surface area contributed by atoms with Crippen LogP contribution < -0.4 is 10.0 Å². The minimum absolute atomic E-state index is 0.226. The zero-order chi connectivity index (χ0) is 21.3. The van der Waals surface area contributed by atoms with Crippen LogP contribution in [0.3, 0.4) is 0 Å². The van der Waals surface area contributed by atoms with E-state index in [4.69, 9.17) is 0 Å². The van der Waals surface area contributed by atoms with Crippen LogP contribution in [0.15, 0.2) is 58.3 Å². The molecule has 154 valence electrons. The maximum atomic E-state index is 12.8. The second kappa shape index (κ2) is 7.88. The number of carbonyl (C=O) groups is 1. The van der Waals surface area contributed by atoms with E-state index < -0.39 is 16.1 Å². The number of nitrogens with one attached hydrogen (secondary N) is 3. The zero-order valence-electron chi connectivity index (χ0n) is 16.2. The third-order valence-electron chi connectivity index (χ3n) is 4.64. The van der Waals surface area contributed by atoms with Crippen LogP contribution >= 0.6 is 11.3 Å². The molecule has 0 saturated heterocycles. The van der Waals surface area contributed by atoms with Crippen LogP contribution in [-0.2, 0) is 10.0 Å². The Morgan fingerprint density at radius 3 is 2.77 bits per heavy atom. The van der Waals surface area contributed by atoms with E-state index in [0.717, 1.165) is 22.4 Å². The molecule has 0 radical (unpaired) electrons. The molecule has 4 aromatic rings. The Bertz CT molecular complexity index is 1310. The Morgan fingerprint density at radius 2 is 2.00 bits per heavy atom. The highest BCUT2D eigenvalue weighted by atomic mass is 32.2. The monoisotopic (exact) mass is 441 g/mol. The fraction of sp³-hybridized carbons (Fsp3) is 0.150. The van der Waals surface area contributed by atoms with Gasteiger partial charge in [0.1, 0.15) is 4.21 Å². The zero-order valence-corrected chi connectivity index (χ0v) is 17.8. The molecular weight excluding hydrogens is 422 g/mol. The molecule has 8 nitrogen and oxygen atoms in total. The second-order valence-electron chi connectivity index (χ2n) is 6.76. The number of para-hydroxylation sites is 1. The van der Waals surface area contributed by atoms with Gasteiger partial charge in [-0.15, -0.1) is 11.3 Å². The molecule has 0 aliphatic carbocycles. The van der Waals surface area contributed by atoms with Gasteiger partial charge in [0, 0.05) is 17.3 Å². The highest BCUT2D eigenvalue weighted by Gasteiger charge is 2.20. The maximum Gasteiger partial charge on any atom is 0.271 e. The molecule has 0 aliphatic heterocycles. The first-order chi connectivity index (χ1) is 14.3. The Labute approximate surface area is 177 Å². The van der Waals surface area contributed by atoms with Crippen molar-refractivity contribution in [3.05, 3.63) is 70.9 Å². The Hall–Kier alpha value is -3.24. The number of aryl methyl sites for hydroxylation is 1. The molecule has 0 aliphatic rings. The molecule has 1 amide bonds. The van der Waals surface area contributed by atoms with Crippen molar-refractivity contribution >= 4 is 44.0 Å². The summed E-state index contributed by atoms with van der Waals surface area (Å²) >= 11 is 1.14. The van der Waals surface area contributed by atoms with Gasteiger partial charge in [-0.2, -0.15) is 5.10 Å². The van der Waals surface area contributed by atoms with Crippen LogP contribution in [-0.4, -0.2) is 29.5 Å². The van der Waals surface area contributed by atoms with E-state index in [1.807, 2.05) is 6.92 Å². The fourth-order valence-corrected chi connectivity index (χ4v) is 5.16. The van der Waals surface area contributed by atoms with E-state index in [2.05, 4.69) is 25.2 Å². The Morgan fingerprint density at radius 1 is 1.20 bits per heavy atom. The summed E-state index contributed by atoms with van der Waals surface area (Å²) in [6.07, 6.45) is 1.47. The first-order valence-corrected chi connectivity index (χ1v) is 11.5. The first kappa shape index (κ1) is 20.0. The molecule has 1 atom stereocenters. The lowest BCUT2D eigenvalue weighted by molar-refractivity contribution is 0.0940. The van der Waals surface area contributed by atoms with E-state index >= 15 is 0 Å². The minimum atomic E-state index is -3.69. The predicted molar refractivity (Wildman–Crippen MR) is 116 cm³/mol. The lowest BCUT2D eigenvalue weighted by atomic mass is 10.1. The van der Waals surface area contributed by atoms with Gasteiger partial charge in [-0.1, -0.05) is 24.3 Å². The van der Waals surface area contributed by atoms with Crippen LogP contribution in [0.2, 0.25) is 0 Å². The van der Waals surface area contributed by atoms with E-state index in [-0.39, 0.29) is 10.1 Å². The molecule has 3 heterocycles. The summed E-state index contributed by atoms with van der Waals surface area (Å²) in [4.78, 5) is 17.0. The van der Waals surface area contributed by atoms with Gasteiger partial charge in [-0.05, 0) is 43.0 Å². The van der Waals surface area contributed by atoms with Crippen molar-refractivity contribution < 1.29 is 13.2 Å². The normalized spacial score (nSPS) is 12.6. The topological polar surface area (TPSA) is 117 Å². The number of H-pyrrole nitrogens is 1. The number of anilines is 1. The number of hydrogen-bond donors (Lipinski definition) is 3. The van der Waals surface area contributed by atoms with Crippen molar-refractivity contribution in [1.29, 1.82) is 0 Å². The summed E-state index contributed by atoms with van der Waals surface area (Å²) in [5, 5.41) is 12.3. The molecule has 1 aromatic carbocycles. The summed E-state index contributed by atoms with van der Waals surface area (Å²) in [5.74, 6) is -0.312. The smallest absolute Gasteiger partial charge is 0.271 e. The molecule has 1 unspecified atom stereocenters. The minimum Gasteiger partial charge on any atom is -0.345 e. The van der Waals surface area contributed by atoms with Gasteiger partial charge in [0.2, 0.25) is 0 Å². The molecule has 3 N–H and O–H groups in total. The van der Waals surface area contributed by atoms with E-state index in [1.54, 1.807) is 54.8 Å². The molecular formula is C20H19N5O3S2. The van der Waals surface area contributed by atoms with Gasteiger partial charge in [-0.25, -0.2) is 13.4 Å². The van der Waals surface area contributed by atoms with E-state index in [1.165, 1.54) is 6.20 Å². The summed E-state index contributed by atoms with van der Waals surface area (Å²) in [5.41, 5.74) is 2.84. The highest BCUT2D eigenvalue weighted by molar-refractivity contribution is 7.94. The highest BCUT2D eigenvalue weighted by Crippen LogP contribution is 2.27. The average molecular weight is 442 g/mol. The van der Waals surface area contributed by atoms with Crippen LogP contribution in [0.5, 0.6) is 0 Å². The van der Waals surface area contributed by atoms with Crippen molar-refractivity contribution in [3.8, 4) is 0 Å². The molecule has 0 fully saturated rings. The summed E-state index contributed by atoms with van der Waals surface area (Å²) in [6.45, 7) is 3.66. The summed E-state index contributed by atoms with van der Waals surface area (Å²) < 4.78 is 28.1. The number of nitrogens with zero attached hydrogens (tertiary/aromatic N) is 2. The molecule has 10 heteroatoms. The van der Waals surface area contributed by atoms with Gasteiger partial charge in [0.15, 0.2) is 5.65 Å². The van der Waals surface area contributed by atoms with Gasteiger partial charge in [0.05, 0.1) is 17.3 Å². The summed E-state index contributed by atoms with van der Waals surface area (Å²) in [7, 11) is -3.69. The van der Waals surface area contributed by atoms with Crippen molar-refractivity contribution in [2.75, 3.05) is 4.72 Å². The van der Waals surface area contributed by atoms with Gasteiger partial charge >= 0.3 is 0 Å². The van der Waals surface area contributed by atoms with Crippen LogP contribution in [0.1, 0.15) is 34.6 Å². The number of amides is 1. The summed E-state index contributed by atoms with van der Waals surface area (Å²) in [6, 6.07) is 11.5. The quantitative estimate of drug-likeness (QED) is 0.422. The molecule has 0 saturated carbocycles. The van der Waals surface area contributed by atoms with Crippen molar-refractivity contribution in [2.45, 2.75) is 24.1 Å². The number of carbonyl (C=O) groups excluding carboxylic acids is 1. The number of aromatic nitrogens is 3. The predicted octanol–water partition coefficient (Wildman–Crippen LogP) is 3.62. The molecule has 0 spiro atoms. The van der Waals surface area contributed by atoms with E-state index in [0.29, 0.717) is 22.5 Å². The maximum absolute atomic E-state index is 12.8.